The summed E-state index contributed by atoms with van der Waals surface area (Å²) in [6.07, 6.45) is 3.94. The normalized spacial score (nSPS) is 11.6. The number of halogens is 2. The van der Waals surface area contributed by atoms with Crippen molar-refractivity contribution in [2.75, 3.05) is 20.8 Å². The molecule has 0 atom stereocenters. The predicted molar refractivity (Wildman–Crippen MR) is 139 cm³/mol. The molecule has 0 aliphatic heterocycles. The molecule has 2 aromatic carbocycles. The van der Waals surface area contributed by atoms with Gasteiger partial charge < -0.3 is 19.8 Å². The number of unbranched alkanes of at least 4 members (excludes halogenated alkanes) is 3. The van der Waals surface area contributed by atoms with E-state index in [4.69, 9.17) is 43.4 Å². The summed E-state index contributed by atoms with van der Waals surface area (Å²) in [5.41, 5.74) is 7.55. The third-order valence-electron chi connectivity index (χ3n) is 5.24. The zero-order chi connectivity index (χ0) is 24.7. The molecule has 0 aliphatic rings. The Balaban J connectivity index is 0.00000432. The van der Waals surface area contributed by atoms with Crippen LogP contribution in [-0.4, -0.2) is 30.3 Å². The SMILES string of the molecule is COc1cc(N=c2scc(-c3ccc(Cl)c([N+](=O)[O-])c3)n2CCCCCCN)c(OC)cc1Cl.[HH]. The lowest BCUT2D eigenvalue weighted by Crippen LogP contribution is -2.16. The van der Waals surface area contributed by atoms with E-state index in [9.17, 15) is 10.1 Å². The maximum atomic E-state index is 11.4. The second-order valence-electron chi connectivity index (χ2n) is 7.45. The Labute approximate surface area is 213 Å². The van der Waals surface area contributed by atoms with E-state index in [1.807, 2.05) is 5.38 Å². The summed E-state index contributed by atoms with van der Waals surface area (Å²) in [5, 5.41) is 13.9. The number of nitrogens with zero attached hydrogens (tertiary/aromatic N) is 3. The molecule has 0 radical (unpaired) electrons. The largest absolute Gasteiger partial charge is 0.495 e. The van der Waals surface area contributed by atoms with E-state index in [0.717, 1.165) is 31.4 Å². The van der Waals surface area contributed by atoms with Crippen LogP contribution < -0.4 is 20.0 Å². The highest BCUT2D eigenvalue weighted by molar-refractivity contribution is 7.07. The number of nitrogens with two attached hydrogens (primary N) is 1. The first-order valence-corrected chi connectivity index (χ1v) is 12.3. The summed E-state index contributed by atoms with van der Waals surface area (Å²) < 4.78 is 12.9. The van der Waals surface area contributed by atoms with E-state index in [1.165, 1.54) is 24.5 Å². The fourth-order valence-electron chi connectivity index (χ4n) is 3.48. The lowest BCUT2D eigenvalue weighted by Gasteiger charge is -2.11. The highest BCUT2D eigenvalue weighted by Crippen LogP contribution is 2.37. The topological polar surface area (TPSA) is 105 Å². The number of nitro benzene ring substituents is 1. The van der Waals surface area contributed by atoms with Crippen LogP contribution in [0.4, 0.5) is 11.4 Å². The molecule has 0 aliphatic carbocycles. The van der Waals surface area contributed by atoms with Gasteiger partial charge in [0.2, 0.25) is 0 Å². The van der Waals surface area contributed by atoms with Crippen LogP contribution in [0.3, 0.4) is 0 Å². The standard InChI is InChI=1S/C23H26Cl2N4O4S.H2/c1-32-21-13-18(22(33-2)12-17(21)25)27-23-28(10-6-4-3-5-9-26)20(14-34-23)15-7-8-16(24)19(11-15)29(30)31;/h7-8,11-14H,3-6,9-10,26H2,1-2H3;1H. The van der Waals surface area contributed by atoms with Gasteiger partial charge in [-0.25, -0.2) is 4.99 Å². The number of hydrogen-bond acceptors (Lipinski definition) is 7. The lowest BCUT2D eigenvalue weighted by molar-refractivity contribution is -0.384. The molecule has 1 heterocycles. The molecule has 3 rings (SSSR count). The molecule has 0 saturated carbocycles. The van der Waals surface area contributed by atoms with E-state index in [2.05, 4.69) is 4.57 Å². The zero-order valence-corrected chi connectivity index (χ0v) is 21.3. The van der Waals surface area contributed by atoms with Gasteiger partial charge in [0.1, 0.15) is 22.2 Å². The van der Waals surface area contributed by atoms with Gasteiger partial charge >= 0.3 is 0 Å². The van der Waals surface area contributed by atoms with Crippen molar-refractivity contribution in [3.8, 4) is 22.8 Å². The molecule has 0 unspecified atom stereocenters. The molecular weight excluding hydrogens is 499 g/mol. The summed E-state index contributed by atoms with van der Waals surface area (Å²) in [6.45, 7) is 1.36. The molecule has 0 spiro atoms. The molecule has 0 bridgehead atoms. The van der Waals surface area contributed by atoms with Crippen LogP contribution in [0.25, 0.3) is 11.3 Å². The molecule has 8 nitrogen and oxygen atoms in total. The maximum Gasteiger partial charge on any atom is 0.288 e. The predicted octanol–water partition coefficient (Wildman–Crippen LogP) is 6.45. The van der Waals surface area contributed by atoms with Crippen molar-refractivity contribution in [2.24, 2.45) is 10.7 Å². The second-order valence-corrected chi connectivity index (χ2v) is 9.10. The Kier molecular flexibility index (Phi) is 9.35. The van der Waals surface area contributed by atoms with Crippen LogP contribution in [-0.2, 0) is 6.54 Å². The van der Waals surface area contributed by atoms with Crippen molar-refractivity contribution in [3.63, 3.8) is 0 Å². The molecular formula is C23H28Cl2N4O4S. The lowest BCUT2D eigenvalue weighted by atomic mass is 10.1. The molecule has 3 aromatic rings. The number of benzene rings is 2. The van der Waals surface area contributed by atoms with E-state index in [-0.39, 0.29) is 12.1 Å². The number of nitro groups is 1. The van der Waals surface area contributed by atoms with Crippen LogP contribution in [0, 0.1) is 10.1 Å². The monoisotopic (exact) mass is 526 g/mol. The van der Waals surface area contributed by atoms with Crippen LogP contribution >= 0.6 is 34.5 Å². The van der Waals surface area contributed by atoms with Crippen molar-refractivity contribution < 1.29 is 15.8 Å². The van der Waals surface area contributed by atoms with Gasteiger partial charge in [-0.2, -0.15) is 0 Å². The summed E-state index contributed by atoms with van der Waals surface area (Å²) in [6, 6.07) is 8.19. The fraction of sp³-hybridized carbons (Fsp3) is 0.348. The quantitative estimate of drug-likeness (QED) is 0.175. The van der Waals surface area contributed by atoms with Crippen LogP contribution in [0.1, 0.15) is 27.1 Å². The highest BCUT2D eigenvalue weighted by Gasteiger charge is 2.17. The van der Waals surface area contributed by atoms with Gasteiger partial charge in [-0.05, 0) is 25.5 Å². The minimum Gasteiger partial charge on any atom is -0.495 e. The molecule has 0 fully saturated rings. The van der Waals surface area contributed by atoms with Gasteiger partial charge in [-0.1, -0.05) is 42.1 Å². The van der Waals surface area contributed by atoms with Crippen LogP contribution in [0.5, 0.6) is 11.5 Å². The van der Waals surface area contributed by atoms with Gasteiger partial charge in [0.15, 0.2) is 4.80 Å². The number of rotatable bonds is 11. The fourth-order valence-corrected chi connectivity index (χ4v) is 4.85. The van der Waals surface area contributed by atoms with Crippen molar-refractivity contribution in [1.82, 2.24) is 4.57 Å². The molecule has 11 heteroatoms. The Morgan fingerprint density at radius 2 is 1.82 bits per heavy atom. The van der Waals surface area contributed by atoms with E-state index in [0.29, 0.717) is 45.7 Å². The Bertz CT molecular complexity index is 1230. The average molecular weight is 527 g/mol. The van der Waals surface area contributed by atoms with Gasteiger partial charge in [-0.15, -0.1) is 11.3 Å². The molecule has 1 aromatic heterocycles. The first-order valence-electron chi connectivity index (χ1n) is 10.7. The zero-order valence-electron chi connectivity index (χ0n) is 18.9. The number of aromatic nitrogens is 1. The Morgan fingerprint density at radius 1 is 1.09 bits per heavy atom. The van der Waals surface area contributed by atoms with Gasteiger partial charge in [-0.3, -0.25) is 10.1 Å². The highest BCUT2D eigenvalue weighted by atomic mass is 35.5. The maximum absolute atomic E-state index is 11.4. The number of thiazole rings is 1. The number of ether oxygens (including phenoxy) is 2. The smallest absolute Gasteiger partial charge is 0.288 e. The van der Waals surface area contributed by atoms with E-state index >= 15 is 0 Å². The van der Waals surface area contributed by atoms with E-state index in [1.54, 1.807) is 31.4 Å². The van der Waals surface area contributed by atoms with Crippen molar-refractivity contribution in [3.05, 3.63) is 60.7 Å². The minimum atomic E-state index is -0.481. The Morgan fingerprint density at radius 3 is 2.50 bits per heavy atom. The van der Waals surface area contributed by atoms with Crippen molar-refractivity contribution in [1.29, 1.82) is 0 Å². The summed E-state index contributed by atoms with van der Waals surface area (Å²) in [7, 11) is 3.09. The minimum absolute atomic E-state index is 0. The van der Waals surface area contributed by atoms with Gasteiger partial charge in [0.05, 0.1) is 29.9 Å². The van der Waals surface area contributed by atoms with Gasteiger partial charge in [0, 0.05) is 37.1 Å². The number of methoxy groups -OCH3 is 2. The van der Waals surface area contributed by atoms with E-state index < -0.39 is 4.92 Å². The number of hydrogen-bond donors (Lipinski definition) is 1. The molecule has 0 saturated heterocycles. The molecule has 184 valence electrons. The first kappa shape index (κ1) is 26.0. The van der Waals surface area contributed by atoms with Crippen molar-refractivity contribution in [2.45, 2.75) is 32.2 Å². The van der Waals surface area contributed by atoms with Gasteiger partial charge in [0.25, 0.3) is 5.69 Å². The van der Waals surface area contributed by atoms with Crippen molar-refractivity contribution >= 4 is 45.9 Å². The first-order chi connectivity index (χ1) is 16.4. The third kappa shape index (κ3) is 6.09. The molecule has 34 heavy (non-hydrogen) atoms. The summed E-state index contributed by atoms with van der Waals surface area (Å²) >= 11 is 13.7. The average Bonchev–Trinajstić information content (AvgIpc) is 3.22. The third-order valence-corrected chi connectivity index (χ3v) is 6.72. The van der Waals surface area contributed by atoms with Crippen LogP contribution in [0.15, 0.2) is 40.7 Å². The molecule has 0 amide bonds. The summed E-state index contributed by atoms with van der Waals surface area (Å²) in [4.78, 5) is 16.5. The second kappa shape index (κ2) is 12.2. The Hall–Kier alpha value is -2.59. The summed E-state index contributed by atoms with van der Waals surface area (Å²) in [5.74, 6) is 0.997. The van der Waals surface area contributed by atoms with Crippen LogP contribution in [0.2, 0.25) is 10.0 Å². The molecule has 2 N–H and O–H groups in total.